The number of ether oxygens (including phenoxy) is 1. The molecule has 10 nitrogen and oxygen atoms in total. The van der Waals surface area contributed by atoms with E-state index in [0.29, 0.717) is 17.0 Å². The third-order valence-electron chi connectivity index (χ3n) is 3.47. The molecule has 1 aliphatic heterocycles. The number of nitrogens with one attached hydrogen (secondary N) is 1. The van der Waals surface area contributed by atoms with Gasteiger partial charge in [-0.25, -0.2) is 4.98 Å². The summed E-state index contributed by atoms with van der Waals surface area (Å²) in [6.07, 6.45) is -2.78. The number of nitrogens with zero attached hydrogens (tertiary/aromatic N) is 4. The zero-order valence-electron chi connectivity index (χ0n) is 11.2. The van der Waals surface area contributed by atoms with E-state index >= 15 is 0 Å². The fourth-order valence-corrected chi connectivity index (χ4v) is 2.40. The minimum Gasteiger partial charge on any atom is -0.394 e. The number of aromatic nitrogens is 4. The van der Waals surface area contributed by atoms with E-state index in [4.69, 9.17) is 15.6 Å². The van der Waals surface area contributed by atoms with Crippen molar-refractivity contribution in [2.75, 3.05) is 24.7 Å². The molecule has 1 saturated heterocycles. The van der Waals surface area contributed by atoms with Crippen LogP contribution in [0.4, 0.5) is 11.8 Å². The van der Waals surface area contributed by atoms with Crippen LogP contribution in [-0.4, -0.2) is 66.8 Å². The van der Waals surface area contributed by atoms with Gasteiger partial charge in [0.15, 0.2) is 23.2 Å². The van der Waals surface area contributed by atoms with Crippen molar-refractivity contribution in [3.63, 3.8) is 0 Å². The van der Waals surface area contributed by atoms with Crippen LogP contribution in [0.3, 0.4) is 0 Å². The molecule has 3 rings (SSSR count). The highest BCUT2D eigenvalue weighted by Gasteiger charge is 2.44. The Morgan fingerprint density at radius 3 is 2.76 bits per heavy atom. The normalized spacial score (nSPS) is 29.1. The maximum absolute atomic E-state index is 10.1. The molecule has 1 fully saturated rings. The molecule has 114 valence electrons. The van der Waals surface area contributed by atoms with E-state index in [1.165, 1.54) is 10.9 Å². The fourth-order valence-electron chi connectivity index (χ4n) is 2.40. The van der Waals surface area contributed by atoms with E-state index in [-0.39, 0.29) is 5.95 Å². The monoisotopic (exact) mass is 296 g/mol. The fraction of sp³-hybridized carbons (Fsp3) is 0.545. The number of nitrogen functional groups attached to an aromatic ring is 1. The van der Waals surface area contributed by atoms with Crippen LogP contribution in [0, 0.1) is 0 Å². The lowest BCUT2D eigenvalue weighted by Gasteiger charge is -2.16. The molecule has 21 heavy (non-hydrogen) atoms. The molecule has 0 radical (unpaired) electrons. The molecule has 2 aromatic rings. The number of imidazole rings is 1. The van der Waals surface area contributed by atoms with Crippen LogP contribution in [0.5, 0.6) is 0 Å². The second-order valence-corrected chi connectivity index (χ2v) is 4.73. The molecule has 0 aliphatic carbocycles. The molecule has 10 heteroatoms. The van der Waals surface area contributed by atoms with Crippen molar-refractivity contribution < 1.29 is 20.1 Å². The number of aliphatic hydroxyl groups is 3. The maximum Gasteiger partial charge on any atom is 0.224 e. The lowest BCUT2D eigenvalue weighted by molar-refractivity contribution is -0.0511. The van der Waals surface area contributed by atoms with Crippen molar-refractivity contribution in [1.29, 1.82) is 0 Å². The summed E-state index contributed by atoms with van der Waals surface area (Å²) in [5.41, 5.74) is 6.47. The number of hydrogen-bond donors (Lipinski definition) is 5. The number of anilines is 2. The van der Waals surface area contributed by atoms with Crippen LogP contribution in [0.25, 0.3) is 11.2 Å². The average molecular weight is 296 g/mol. The van der Waals surface area contributed by atoms with Gasteiger partial charge in [0, 0.05) is 7.05 Å². The summed E-state index contributed by atoms with van der Waals surface area (Å²) in [4.78, 5) is 12.3. The van der Waals surface area contributed by atoms with E-state index in [0.717, 1.165) is 0 Å². The number of nitrogens with two attached hydrogens (primary N) is 1. The molecule has 0 saturated carbocycles. The molecule has 0 aromatic carbocycles. The van der Waals surface area contributed by atoms with Crippen molar-refractivity contribution in [3.8, 4) is 0 Å². The summed E-state index contributed by atoms with van der Waals surface area (Å²) in [5, 5.41) is 31.9. The molecule has 2 aromatic heterocycles. The van der Waals surface area contributed by atoms with E-state index in [1.807, 2.05) is 0 Å². The first-order valence-corrected chi connectivity index (χ1v) is 6.37. The summed E-state index contributed by atoms with van der Waals surface area (Å²) in [6.45, 7) is -0.403. The lowest BCUT2D eigenvalue weighted by Crippen LogP contribution is -2.33. The van der Waals surface area contributed by atoms with Gasteiger partial charge in [0.25, 0.3) is 0 Å². The molecule has 0 amide bonds. The molecule has 3 heterocycles. The molecular weight excluding hydrogens is 280 g/mol. The van der Waals surface area contributed by atoms with Gasteiger partial charge in [-0.05, 0) is 0 Å². The van der Waals surface area contributed by atoms with Crippen LogP contribution < -0.4 is 11.1 Å². The molecule has 2 unspecified atom stereocenters. The summed E-state index contributed by atoms with van der Waals surface area (Å²) in [5.74, 6) is 0.489. The largest absolute Gasteiger partial charge is 0.394 e. The highest BCUT2D eigenvalue weighted by atomic mass is 16.6. The second kappa shape index (κ2) is 5.07. The number of fused-ring (bicyclic) bond motifs is 1. The SMILES string of the molecule is CNc1nc(N)nc2c1ncn2[C@@H]1O[C@H](CO)C(O)C1O. The molecular formula is C11H16N6O4. The first-order chi connectivity index (χ1) is 10.1. The summed E-state index contributed by atoms with van der Waals surface area (Å²) in [6, 6.07) is 0. The summed E-state index contributed by atoms with van der Waals surface area (Å²) in [7, 11) is 1.67. The Balaban J connectivity index is 2.07. The van der Waals surface area contributed by atoms with Gasteiger partial charge in [-0.2, -0.15) is 9.97 Å². The third-order valence-corrected chi connectivity index (χ3v) is 3.47. The molecule has 0 bridgehead atoms. The van der Waals surface area contributed by atoms with Crippen molar-refractivity contribution in [3.05, 3.63) is 6.33 Å². The molecule has 0 spiro atoms. The van der Waals surface area contributed by atoms with Gasteiger partial charge in [-0.1, -0.05) is 0 Å². The topological polar surface area (TPSA) is 152 Å². The Morgan fingerprint density at radius 1 is 1.38 bits per heavy atom. The zero-order chi connectivity index (χ0) is 15.1. The minimum atomic E-state index is -1.21. The van der Waals surface area contributed by atoms with Gasteiger partial charge in [0.1, 0.15) is 18.3 Å². The molecule has 6 N–H and O–H groups in total. The Kier molecular flexibility index (Phi) is 3.37. The van der Waals surface area contributed by atoms with Gasteiger partial charge >= 0.3 is 0 Å². The summed E-state index contributed by atoms with van der Waals surface area (Å²) >= 11 is 0. The third kappa shape index (κ3) is 2.08. The van der Waals surface area contributed by atoms with Gasteiger partial charge < -0.3 is 31.1 Å². The zero-order valence-corrected chi connectivity index (χ0v) is 11.2. The van der Waals surface area contributed by atoms with E-state index in [9.17, 15) is 10.2 Å². The van der Waals surface area contributed by atoms with Crippen molar-refractivity contribution >= 4 is 22.9 Å². The second-order valence-electron chi connectivity index (χ2n) is 4.73. The standard InChI is InChI=1S/C11H16N6O4/c1-13-8-5-9(16-11(12)15-8)17(3-14-5)10-7(20)6(19)4(2-18)21-10/h3-4,6-7,10,18-20H,2H2,1H3,(H3,12,13,15,16)/t4-,6?,7?,10-/m1/s1. The predicted octanol–water partition coefficient (Wildman–Crippen LogP) is -1.94. The number of aliphatic hydroxyl groups excluding tert-OH is 3. The van der Waals surface area contributed by atoms with E-state index < -0.39 is 31.1 Å². The van der Waals surface area contributed by atoms with E-state index in [1.54, 1.807) is 7.05 Å². The van der Waals surface area contributed by atoms with Crippen molar-refractivity contribution in [2.24, 2.45) is 0 Å². The van der Waals surface area contributed by atoms with Crippen LogP contribution in [0.15, 0.2) is 6.33 Å². The first kappa shape index (κ1) is 13.9. The Labute approximate surface area is 119 Å². The maximum atomic E-state index is 10.1. The van der Waals surface area contributed by atoms with E-state index in [2.05, 4.69) is 20.3 Å². The van der Waals surface area contributed by atoms with Crippen molar-refractivity contribution in [2.45, 2.75) is 24.5 Å². The number of hydrogen-bond acceptors (Lipinski definition) is 9. The smallest absolute Gasteiger partial charge is 0.224 e. The Morgan fingerprint density at radius 2 is 2.14 bits per heavy atom. The van der Waals surface area contributed by atoms with Gasteiger partial charge in [-0.15, -0.1) is 0 Å². The summed E-state index contributed by atoms with van der Waals surface area (Å²) < 4.78 is 6.91. The minimum absolute atomic E-state index is 0.0420. The van der Waals surface area contributed by atoms with Crippen LogP contribution in [0.2, 0.25) is 0 Å². The van der Waals surface area contributed by atoms with Crippen LogP contribution in [-0.2, 0) is 4.74 Å². The Hall–Kier alpha value is -2.01. The first-order valence-electron chi connectivity index (χ1n) is 6.37. The predicted molar refractivity (Wildman–Crippen MR) is 72.3 cm³/mol. The molecule has 1 aliphatic rings. The van der Waals surface area contributed by atoms with Crippen LogP contribution in [0.1, 0.15) is 6.23 Å². The quantitative estimate of drug-likeness (QED) is 0.435. The Bertz CT molecular complexity index is 661. The highest BCUT2D eigenvalue weighted by Crippen LogP contribution is 2.32. The highest BCUT2D eigenvalue weighted by molar-refractivity contribution is 5.84. The molecule has 4 atom stereocenters. The lowest BCUT2D eigenvalue weighted by atomic mass is 10.1. The van der Waals surface area contributed by atoms with Gasteiger partial charge in [0.05, 0.1) is 12.9 Å². The van der Waals surface area contributed by atoms with Gasteiger partial charge in [0.2, 0.25) is 5.95 Å². The average Bonchev–Trinajstić information content (AvgIpc) is 3.01. The van der Waals surface area contributed by atoms with Crippen molar-refractivity contribution in [1.82, 2.24) is 19.5 Å². The van der Waals surface area contributed by atoms with Crippen LogP contribution >= 0.6 is 0 Å². The number of rotatable bonds is 3. The van der Waals surface area contributed by atoms with Gasteiger partial charge in [-0.3, -0.25) is 4.57 Å².